The third kappa shape index (κ3) is 5.03. The number of rotatable bonds is 5. The van der Waals surface area contributed by atoms with Gasteiger partial charge in [0.25, 0.3) is 10.1 Å². The molecule has 5 N–H and O–H groups in total. The SMILES string of the molecule is COc1cc(CS(=O)(=O)O)nc2c1C(=NN=C(N)N)CC(c1ccccc1Cl)C2. The highest BCUT2D eigenvalue weighted by atomic mass is 35.5. The van der Waals surface area contributed by atoms with E-state index in [1.54, 1.807) is 6.07 Å². The van der Waals surface area contributed by atoms with Gasteiger partial charge in [0.05, 0.1) is 29.8 Å². The predicted molar refractivity (Wildman–Crippen MR) is 111 cm³/mol. The molecule has 11 heteroatoms. The maximum absolute atomic E-state index is 11.3. The van der Waals surface area contributed by atoms with Crippen molar-refractivity contribution in [2.75, 3.05) is 7.11 Å². The molecule has 1 unspecified atom stereocenters. The van der Waals surface area contributed by atoms with Crippen LogP contribution in [0.5, 0.6) is 5.75 Å². The van der Waals surface area contributed by atoms with E-state index in [9.17, 15) is 13.0 Å². The molecule has 0 aliphatic heterocycles. The fourth-order valence-electron chi connectivity index (χ4n) is 3.38. The van der Waals surface area contributed by atoms with Gasteiger partial charge in [0.1, 0.15) is 11.5 Å². The highest BCUT2D eigenvalue weighted by Gasteiger charge is 2.31. The number of hydrogen-bond acceptors (Lipinski definition) is 6. The molecule has 3 rings (SSSR count). The first-order valence-corrected chi connectivity index (χ1v) is 10.6. The number of nitrogens with two attached hydrogens (primary N) is 2. The Labute approximate surface area is 173 Å². The zero-order valence-corrected chi connectivity index (χ0v) is 17.1. The molecule has 154 valence electrons. The van der Waals surface area contributed by atoms with Gasteiger partial charge >= 0.3 is 0 Å². The lowest BCUT2D eigenvalue weighted by Gasteiger charge is -2.27. The summed E-state index contributed by atoms with van der Waals surface area (Å²) >= 11 is 6.37. The van der Waals surface area contributed by atoms with Gasteiger partial charge in [-0.2, -0.15) is 13.5 Å². The minimum atomic E-state index is -4.26. The fourth-order valence-corrected chi connectivity index (χ4v) is 4.19. The summed E-state index contributed by atoms with van der Waals surface area (Å²) in [6, 6.07) is 8.87. The lowest BCUT2D eigenvalue weighted by atomic mass is 9.80. The van der Waals surface area contributed by atoms with Gasteiger partial charge in [0, 0.05) is 11.1 Å². The lowest BCUT2D eigenvalue weighted by Crippen LogP contribution is -2.25. The van der Waals surface area contributed by atoms with Crippen LogP contribution in [0.15, 0.2) is 40.5 Å². The van der Waals surface area contributed by atoms with Crippen molar-refractivity contribution in [2.24, 2.45) is 21.7 Å². The van der Waals surface area contributed by atoms with Gasteiger partial charge < -0.3 is 16.2 Å². The van der Waals surface area contributed by atoms with Crippen molar-refractivity contribution in [1.29, 1.82) is 0 Å². The number of nitrogens with zero attached hydrogens (tertiary/aromatic N) is 3. The normalized spacial score (nSPS) is 17.6. The van der Waals surface area contributed by atoms with E-state index in [0.29, 0.717) is 40.6 Å². The molecule has 9 nitrogen and oxygen atoms in total. The average Bonchev–Trinajstić information content (AvgIpc) is 2.64. The number of methoxy groups -OCH3 is 1. The molecule has 0 bridgehead atoms. The standard InChI is InChI=1S/C18H20ClN5O4S/c1-28-16-8-11(9-29(25,26)27)22-14-6-10(12-4-2-3-5-13(12)19)7-15(17(14)16)23-24-18(20)21/h2-5,8,10H,6-7,9H2,1H3,(H4,20,21,24)(H,25,26,27). The number of guanidine groups is 1. The molecule has 0 saturated heterocycles. The van der Waals surface area contributed by atoms with Crippen LogP contribution in [0.25, 0.3) is 0 Å². The smallest absolute Gasteiger partial charge is 0.270 e. The topological polar surface area (TPSA) is 153 Å². The molecule has 1 heterocycles. The summed E-state index contributed by atoms with van der Waals surface area (Å²) in [7, 11) is -2.81. The second-order valence-corrected chi connectivity index (χ2v) is 8.42. The second-order valence-electron chi connectivity index (χ2n) is 6.56. The molecule has 1 aliphatic rings. The Hall–Kier alpha value is -2.69. The summed E-state index contributed by atoms with van der Waals surface area (Å²) in [4.78, 5) is 4.44. The number of benzene rings is 1. The third-order valence-corrected chi connectivity index (χ3v) is 5.47. The van der Waals surface area contributed by atoms with Crippen molar-refractivity contribution < 1.29 is 17.7 Å². The van der Waals surface area contributed by atoms with Gasteiger partial charge in [-0.25, -0.2) is 0 Å². The van der Waals surface area contributed by atoms with Crippen LogP contribution in [0.4, 0.5) is 0 Å². The van der Waals surface area contributed by atoms with Gasteiger partial charge in [-0.15, -0.1) is 5.10 Å². The van der Waals surface area contributed by atoms with Crippen LogP contribution in [0, 0.1) is 0 Å². The highest BCUT2D eigenvalue weighted by molar-refractivity contribution is 7.85. The summed E-state index contributed by atoms with van der Waals surface area (Å²) in [6.07, 6.45) is 0.943. The van der Waals surface area contributed by atoms with Crippen LogP contribution in [0.3, 0.4) is 0 Å². The van der Waals surface area contributed by atoms with Crippen molar-refractivity contribution in [3.8, 4) is 5.75 Å². The van der Waals surface area contributed by atoms with Gasteiger partial charge in [-0.05, 0) is 30.4 Å². The number of pyridine rings is 1. The van der Waals surface area contributed by atoms with Crippen molar-refractivity contribution in [3.05, 3.63) is 57.9 Å². The summed E-state index contributed by atoms with van der Waals surface area (Å²) < 4.78 is 37.3. The van der Waals surface area contributed by atoms with Crippen LogP contribution in [0.2, 0.25) is 5.02 Å². The zero-order valence-electron chi connectivity index (χ0n) is 15.5. The molecule has 0 amide bonds. The van der Waals surface area contributed by atoms with Crippen molar-refractivity contribution in [2.45, 2.75) is 24.5 Å². The van der Waals surface area contributed by atoms with E-state index in [1.807, 2.05) is 18.2 Å². The number of aromatic nitrogens is 1. The molecule has 2 aromatic rings. The van der Waals surface area contributed by atoms with Gasteiger partial charge in [-0.1, -0.05) is 29.8 Å². The van der Waals surface area contributed by atoms with E-state index in [0.717, 1.165) is 5.56 Å². The Balaban J connectivity index is 2.17. The van der Waals surface area contributed by atoms with Crippen LogP contribution in [0.1, 0.15) is 34.9 Å². The lowest BCUT2D eigenvalue weighted by molar-refractivity contribution is 0.410. The average molecular weight is 438 g/mol. The summed E-state index contributed by atoms with van der Waals surface area (Å²) in [5.74, 6) is -0.541. The first kappa shape index (κ1) is 21.0. The van der Waals surface area contributed by atoms with Gasteiger partial charge in [0.15, 0.2) is 0 Å². The number of hydrogen-bond donors (Lipinski definition) is 3. The van der Waals surface area contributed by atoms with Crippen molar-refractivity contribution >= 4 is 33.4 Å². The molecule has 0 fully saturated rings. The molecule has 0 radical (unpaired) electrons. The third-order valence-electron chi connectivity index (χ3n) is 4.46. The molecular weight excluding hydrogens is 418 g/mol. The monoisotopic (exact) mass is 437 g/mol. The first-order chi connectivity index (χ1) is 13.7. The number of fused-ring (bicyclic) bond motifs is 1. The molecule has 1 aliphatic carbocycles. The first-order valence-electron chi connectivity index (χ1n) is 8.60. The van der Waals surface area contributed by atoms with E-state index in [2.05, 4.69) is 15.2 Å². The quantitative estimate of drug-likeness (QED) is 0.279. The van der Waals surface area contributed by atoms with E-state index in [4.69, 9.17) is 27.8 Å². The second kappa shape index (κ2) is 8.36. The summed E-state index contributed by atoms with van der Waals surface area (Å²) in [5, 5.41) is 8.53. The minimum absolute atomic E-state index is 0.0812. The molecule has 1 atom stereocenters. The fraction of sp³-hybridized carbons (Fsp3) is 0.278. The maximum Gasteiger partial charge on any atom is 0.270 e. The molecule has 1 aromatic carbocycles. The van der Waals surface area contributed by atoms with Gasteiger partial charge in [-0.3, -0.25) is 9.54 Å². The van der Waals surface area contributed by atoms with Crippen LogP contribution < -0.4 is 16.2 Å². The maximum atomic E-state index is 11.3. The Bertz CT molecular complexity index is 1100. The molecular formula is C18H20ClN5O4S. The molecule has 0 spiro atoms. The van der Waals surface area contributed by atoms with Crippen molar-refractivity contribution in [1.82, 2.24) is 4.98 Å². The van der Waals surface area contributed by atoms with Gasteiger partial charge in [0.2, 0.25) is 5.96 Å². The zero-order chi connectivity index (χ0) is 21.2. The number of halogens is 1. The minimum Gasteiger partial charge on any atom is -0.496 e. The summed E-state index contributed by atoms with van der Waals surface area (Å²) in [6.45, 7) is 0. The Morgan fingerprint density at radius 3 is 2.69 bits per heavy atom. The van der Waals surface area contributed by atoms with E-state index < -0.39 is 15.9 Å². The van der Waals surface area contributed by atoms with Crippen LogP contribution >= 0.6 is 11.6 Å². The van der Waals surface area contributed by atoms with E-state index in [-0.39, 0.29) is 17.6 Å². The Kier molecular flexibility index (Phi) is 6.06. The molecule has 29 heavy (non-hydrogen) atoms. The molecule has 0 saturated carbocycles. The Morgan fingerprint density at radius 1 is 1.34 bits per heavy atom. The van der Waals surface area contributed by atoms with Crippen LogP contribution in [-0.4, -0.2) is 36.7 Å². The van der Waals surface area contributed by atoms with Crippen LogP contribution in [-0.2, 0) is 22.3 Å². The van der Waals surface area contributed by atoms with E-state index >= 15 is 0 Å². The number of ether oxygens (including phenoxy) is 1. The highest BCUT2D eigenvalue weighted by Crippen LogP contribution is 2.39. The van der Waals surface area contributed by atoms with Crippen molar-refractivity contribution in [3.63, 3.8) is 0 Å². The largest absolute Gasteiger partial charge is 0.496 e. The summed E-state index contributed by atoms with van der Waals surface area (Å²) in [5.41, 5.74) is 13.6. The Morgan fingerprint density at radius 2 is 2.07 bits per heavy atom. The molecule has 1 aromatic heterocycles. The predicted octanol–water partition coefficient (Wildman–Crippen LogP) is 1.84. The van der Waals surface area contributed by atoms with E-state index in [1.165, 1.54) is 13.2 Å².